The van der Waals surface area contributed by atoms with Crippen LogP contribution in [0.5, 0.6) is 0 Å². The number of ether oxygens (including phenoxy) is 1. The molecule has 3 heterocycles. The Kier molecular flexibility index (Phi) is 3.42. The minimum atomic E-state index is -0.343. The van der Waals surface area contributed by atoms with Crippen molar-refractivity contribution < 1.29 is 14.1 Å². The highest BCUT2D eigenvalue weighted by Crippen LogP contribution is 2.20. The van der Waals surface area contributed by atoms with E-state index in [2.05, 4.69) is 15.1 Å². The molecule has 7 nitrogen and oxygen atoms in total. The van der Waals surface area contributed by atoms with Gasteiger partial charge in [0.25, 0.3) is 5.91 Å². The second-order valence-electron chi connectivity index (χ2n) is 4.59. The Labute approximate surface area is 115 Å². The zero-order valence-electron chi connectivity index (χ0n) is 11.0. The lowest BCUT2D eigenvalue weighted by molar-refractivity contribution is -0.0276. The third-order valence-electron chi connectivity index (χ3n) is 3.18. The van der Waals surface area contributed by atoms with Crippen molar-refractivity contribution in [1.82, 2.24) is 20.0 Å². The molecule has 2 aromatic rings. The standard InChI is InChI=1S/C13H14N4O3/c1-9-2-3-10(6-14-9)13(18)17-4-5-19-11(7-17)12-15-8-20-16-12/h2-3,6,8,11H,4-5,7H2,1H3. The average Bonchev–Trinajstić information content (AvgIpc) is 3.02. The number of hydrogen-bond acceptors (Lipinski definition) is 6. The van der Waals surface area contributed by atoms with Gasteiger partial charge in [-0.05, 0) is 19.1 Å². The summed E-state index contributed by atoms with van der Waals surface area (Å²) in [6.45, 7) is 3.28. The van der Waals surface area contributed by atoms with Gasteiger partial charge in [0.15, 0.2) is 0 Å². The number of aromatic nitrogens is 3. The molecule has 1 aliphatic heterocycles. The number of aryl methyl sites for hydroxylation is 1. The van der Waals surface area contributed by atoms with Crippen molar-refractivity contribution in [2.45, 2.75) is 13.0 Å². The van der Waals surface area contributed by atoms with Crippen LogP contribution in [-0.4, -0.2) is 45.6 Å². The van der Waals surface area contributed by atoms with Crippen LogP contribution in [0.2, 0.25) is 0 Å². The van der Waals surface area contributed by atoms with Crippen LogP contribution in [0.3, 0.4) is 0 Å². The Morgan fingerprint density at radius 2 is 2.30 bits per heavy atom. The Balaban J connectivity index is 1.73. The number of pyridine rings is 1. The Morgan fingerprint density at radius 3 is 3.00 bits per heavy atom. The van der Waals surface area contributed by atoms with Crippen molar-refractivity contribution >= 4 is 5.91 Å². The maximum atomic E-state index is 12.4. The minimum absolute atomic E-state index is 0.0608. The smallest absolute Gasteiger partial charge is 0.255 e. The maximum Gasteiger partial charge on any atom is 0.255 e. The van der Waals surface area contributed by atoms with Gasteiger partial charge in [-0.15, -0.1) is 0 Å². The maximum absolute atomic E-state index is 12.4. The zero-order valence-corrected chi connectivity index (χ0v) is 11.0. The molecule has 3 rings (SSSR count). The monoisotopic (exact) mass is 274 g/mol. The molecule has 20 heavy (non-hydrogen) atoms. The Bertz CT molecular complexity index is 582. The van der Waals surface area contributed by atoms with Gasteiger partial charge in [-0.25, -0.2) is 0 Å². The van der Waals surface area contributed by atoms with E-state index in [0.29, 0.717) is 31.1 Å². The number of hydrogen-bond donors (Lipinski definition) is 0. The van der Waals surface area contributed by atoms with Gasteiger partial charge in [0.2, 0.25) is 12.2 Å². The summed E-state index contributed by atoms with van der Waals surface area (Å²) in [6.07, 6.45) is 2.50. The van der Waals surface area contributed by atoms with E-state index in [-0.39, 0.29) is 12.0 Å². The van der Waals surface area contributed by atoms with E-state index >= 15 is 0 Å². The van der Waals surface area contributed by atoms with Gasteiger partial charge in [0.05, 0.1) is 18.7 Å². The number of carbonyl (C=O) groups excluding carboxylic acids is 1. The lowest BCUT2D eigenvalue weighted by atomic mass is 10.2. The Morgan fingerprint density at radius 1 is 1.40 bits per heavy atom. The summed E-state index contributed by atoms with van der Waals surface area (Å²) in [6, 6.07) is 3.60. The molecule has 1 fully saturated rings. The highest BCUT2D eigenvalue weighted by molar-refractivity contribution is 5.94. The fraction of sp³-hybridized carbons (Fsp3) is 0.385. The third kappa shape index (κ3) is 2.53. The van der Waals surface area contributed by atoms with E-state index in [1.165, 1.54) is 6.39 Å². The predicted octanol–water partition coefficient (Wildman–Crippen LogP) is 0.987. The molecule has 1 saturated heterocycles. The molecule has 0 radical (unpaired) electrons. The van der Waals surface area contributed by atoms with Crippen LogP contribution in [0.1, 0.15) is 28.0 Å². The lowest BCUT2D eigenvalue weighted by Crippen LogP contribution is -2.42. The van der Waals surface area contributed by atoms with Gasteiger partial charge >= 0.3 is 0 Å². The van der Waals surface area contributed by atoms with E-state index in [0.717, 1.165) is 5.69 Å². The van der Waals surface area contributed by atoms with Crippen LogP contribution in [0, 0.1) is 6.92 Å². The van der Waals surface area contributed by atoms with Crippen LogP contribution >= 0.6 is 0 Å². The molecule has 0 saturated carbocycles. The molecule has 0 spiro atoms. The summed E-state index contributed by atoms with van der Waals surface area (Å²) in [5.41, 5.74) is 1.46. The van der Waals surface area contributed by atoms with Crippen molar-refractivity contribution in [1.29, 1.82) is 0 Å². The molecule has 7 heteroatoms. The van der Waals surface area contributed by atoms with Gasteiger partial charge < -0.3 is 14.2 Å². The van der Waals surface area contributed by atoms with Crippen LogP contribution < -0.4 is 0 Å². The summed E-state index contributed by atoms with van der Waals surface area (Å²) in [4.78, 5) is 22.2. The molecule has 0 N–H and O–H groups in total. The first-order chi connectivity index (χ1) is 9.74. The normalized spacial score (nSPS) is 19.1. The number of amides is 1. The first-order valence-corrected chi connectivity index (χ1v) is 6.34. The number of rotatable bonds is 2. The lowest BCUT2D eigenvalue weighted by Gasteiger charge is -2.31. The van der Waals surface area contributed by atoms with E-state index in [1.807, 2.05) is 13.0 Å². The van der Waals surface area contributed by atoms with Gasteiger partial charge in [0, 0.05) is 18.4 Å². The highest BCUT2D eigenvalue weighted by Gasteiger charge is 2.28. The van der Waals surface area contributed by atoms with E-state index in [9.17, 15) is 4.79 Å². The number of carbonyl (C=O) groups is 1. The fourth-order valence-corrected chi connectivity index (χ4v) is 2.09. The van der Waals surface area contributed by atoms with Gasteiger partial charge in [0.1, 0.15) is 6.10 Å². The van der Waals surface area contributed by atoms with E-state index < -0.39 is 0 Å². The van der Waals surface area contributed by atoms with Crippen molar-refractivity contribution in [3.63, 3.8) is 0 Å². The van der Waals surface area contributed by atoms with Crippen LogP contribution in [0.15, 0.2) is 29.2 Å². The topological polar surface area (TPSA) is 81.4 Å². The van der Waals surface area contributed by atoms with Crippen LogP contribution in [0.25, 0.3) is 0 Å². The van der Waals surface area contributed by atoms with Crippen molar-refractivity contribution in [3.05, 3.63) is 41.8 Å². The van der Waals surface area contributed by atoms with Gasteiger partial charge in [-0.1, -0.05) is 5.16 Å². The molecule has 1 atom stereocenters. The Hall–Kier alpha value is -2.28. The molecule has 0 aromatic carbocycles. The zero-order chi connectivity index (χ0) is 13.9. The number of morpholine rings is 1. The van der Waals surface area contributed by atoms with Crippen LogP contribution in [0.4, 0.5) is 0 Å². The molecule has 1 amide bonds. The summed E-state index contributed by atoms with van der Waals surface area (Å²) in [5, 5.41) is 3.76. The molecular weight excluding hydrogens is 260 g/mol. The summed E-state index contributed by atoms with van der Waals surface area (Å²) >= 11 is 0. The molecule has 1 unspecified atom stereocenters. The quantitative estimate of drug-likeness (QED) is 0.812. The average molecular weight is 274 g/mol. The second-order valence-corrected chi connectivity index (χ2v) is 4.59. The molecule has 0 aliphatic carbocycles. The SMILES string of the molecule is Cc1ccc(C(=O)N2CCOC(c3ncon3)C2)cn1. The summed E-state index contributed by atoms with van der Waals surface area (Å²) < 4.78 is 10.3. The van der Waals surface area contributed by atoms with Crippen molar-refractivity contribution in [2.75, 3.05) is 19.7 Å². The first-order valence-electron chi connectivity index (χ1n) is 6.34. The minimum Gasteiger partial charge on any atom is -0.366 e. The van der Waals surface area contributed by atoms with Crippen molar-refractivity contribution in [2.24, 2.45) is 0 Å². The molecular formula is C13H14N4O3. The number of nitrogens with zero attached hydrogens (tertiary/aromatic N) is 4. The summed E-state index contributed by atoms with van der Waals surface area (Å²) in [5.74, 6) is 0.402. The second kappa shape index (κ2) is 5.38. The highest BCUT2D eigenvalue weighted by atomic mass is 16.5. The largest absolute Gasteiger partial charge is 0.366 e. The van der Waals surface area contributed by atoms with Crippen LogP contribution in [-0.2, 0) is 4.74 Å². The molecule has 1 aliphatic rings. The van der Waals surface area contributed by atoms with E-state index in [1.54, 1.807) is 17.2 Å². The first kappa shape index (κ1) is 12.7. The van der Waals surface area contributed by atoms with E-state index in [4.69, 9.17) is 9.26 Å². The summed E-state index contributed by atoms with van der Waals surface area (Å²) in [7, 11) is 0. The fourth-order valence-electron chi connectivity index (χ4n) is 2.09. The molecule has 0 bridgehead atoms. The third-order valence-corrected chi connectivity index (χ3v) is 3.18. The van der Waals surface area contributed by atoms with Gasteiger partial charge in [-0.3, -0.25) is 9.78 Å². The molecule has 2 aromatic heterocycles. The predicted molar refractivity (Wildman–Crippen MR) is 67.9 cm³/mol. The molecule has 104 valence electrons. The van der Waals surface area contributed by atoms with Gasteiger partial charge in [-0.2, -0.15) is 4.98 Å². The van der Waals surface area contributed by atoms with Crippen molar-refractivity contribution in [3.8, 4) is 0 Å².